The highest BCUT2D eigenvalue weighted by Crippen LogP contribution is 2.25. The third-order valence-electron chi connectivity index (χ3n) is 3.13. The summed E-state index contributed by atoms with van der Waals surface area (Å²) >= 11 is 0. The van der Waals surface area contributed by atoms with Crippen LogP contribution in [0.25, 0.3) is 11.1 Å². The van der Waals surface area contributed by atoms with Gasteiger partial charge in [-0.3, -0.25) is 4.98 Å². The molecule has 0 aliphatic heterocycles. The Hall–Kier alpha value is -2.09. The maximum atomic E-state index is 5.17. The highest BCUT2D eigenvalue weighted by molar-refractivity contribution is 5.87. The van der Waals surface area contributed by atoms with E-state index in [1.807, 2.05) is 36.5 Å². The van der Waals surface area contributed by atoms with Crippen molar-refractivity contribution in [1.29, 1.82) is 0 Å². The Balaban J connectivity index is 2.37. The molecule has 0 bridgehead atoms. The Morgan fingerprint density at radius 2 is 1.67 bits per heavy atom. The smallest absolute Gasteiger partial charge is 0.118 e. The average Bonchev–Trinajstić information content (AvgIpc) is 2.47. The van der Waals surface area contributed by atoms with Crippen LogP contribution in [0.3, 0.4) is 0 Å². The van der Waals surface area contributed by atoms with Crippen molar-refractivity contribution in [3.63, 3.8) is 0 Å². The van der Waals surface area contributed by atoms with Gasteiger partial charge in [0.25, 0.3) is 0 Å². The lowest BCUT2D eigenvalue weighted by Crippen LogP contribution is -1.89. The number of hydrogen-bond acceptors (Lipinski definition) is 2. The fourth-order valence-electron chi connectivity index (χ4n) is 1.83. The largest absolute Gasteiger partial charge is 0.497 e. The van der Waals surface area contributed by atoms with Crippen molar-refractivity contribution in [3.8, 4) is 5.75 Å². The van der Waals surface area contributed by atoms with E-state index in [0.717, 1.165) is 11.4 Å². The van der Waals surface area contributed by atoms with Crippen LogP contribution >= 0.6 is 0 Å². The summed E-state index contributed by atoms with van der Waals surface area (Å²) in [5, 5.41) is 0. The van der Waals surface area contributed by atoms with Crippen LogP contribution in [0.1, 0.15) is 25.1 Å². The van der Waals surface area contributed by atoms with Gasteiger partial charge in [0, 0.05) is 6.20 Å². The number of hydrogen-bond donors (Lipinski definition) is 0. The topological polar surface area (TPSA) is 22.1 Å². The van der Waals surface area contributed by atoms with E-state index in [1.54, 1.807) is 7.11 Å². The third-order valence-corrected chi connectivity index (χ3v) is 3.13. The van der Waals surface area contributed by atoms with Gasteiger partial charge in [-0.1, -0.05) is 18.2 Å². The second kappa shape index (κ2) is 5.50. The van der Waals surface area contributed by atoms with Crippen molar-refractivity contribution in [1.82, 2.24) is 4.98 Å². The standard InChI is InChI=1S/C16H17NO/c1-12(13(2)16-6-4-5-11-17-16)14-7-9-15(18-3)10-8-14/h4-11H,1-3H3/b13-12+. The van der Waals surface area contributed by atoms with Crippen LogP contribution in [0.4, 0.5) is 0 Å². The second-order valence-electron chi connectivity index (χ2n) is 4.19. The first-order chi connectivity index (χ1) is 8.72. The summed E-state index contributed by atoms with van der Waals surface area (Å²) in [6.45, 7) is 4.22. The zero-order valence-corrected chi connectivity index (χ0v) is 11.0. The molecule has 92 valence electrons. The number of pyridine rings is 1. The molecule has 0 fully saturated rings. The van der Waals surface area contributed by atoms with Crippen molar-refractivity contribution in [2.45, 2.75) is 13.8 Å². The molecule has 2 aromatic rings. The van der Waals surface area contributed by atoms with Gasteiger partial charge in [-0.05, 0) is 54.8 Å². The SMILES string of the molecule is COc1ccc(/C(C)=C(\C)c2ccccn2)cc1. The van der Waals surface area contributed by atoms with Crippen LogP contribution < -0.4 is 4.74 Å². The van der Waals surface area contributed by atoms with Crippen LogP contribution in [0.5, 0.6) is 5.75 Å². The molecule has 0 radical (unpaired) electrons. The lowest BCUT2D eigenvalue weighted by molar-refractivity contribution is 0.415. The van der Waals surface area contributed by atoms with E-state index in [9.17, 15) is 0 Å². The normalized spacial score (nSPS) is 11.9. The fraction of sp³-hybridized carbons (Fsp3) is 0.188. The molecule has 1 aromatic carbocycles. The number of rotatable bonds is 3. The first-order valence-electron chi connectivity index (χ1n) is 5.95. The maximum absolute atomic E-state index is 5.17. The van der Waals surface area contributed by atoms with E-state index >= 15 is 0 Å². The number of methoxy groups -OCH3 is 1. The van der Waals surface area contributed by atoms with Gasteiger partial charge in [-0.2, -0.15) is 0 Å². The maximum Gasteiger partial charge on any atom is 0.118 e. The predicted octanol–water partition coefficient (Wildman–Crippen LogP) is 4.04. The van der Waals surface area contributed by atoms with Crippen LogP contribution in [0, 0.1) is 0 Å². The molecule has 0 saturated carbocycles. The third kappa shape index (κ3) is 2.59. The lowest BCUT2D eigenvalue weighted by atomic mass is 10.00. The van der Waals surface area contributed by atoms with Crippen LogP contribution in [-0.2, 0) is 0 Å². The van der Waals surface area contributed by atoms with E-state index in [1.165, 1.54) is 16.7 Å². The minimum atomic E-state index is 0.877. The monoisotopic (exact) mass is 239 g/mol. The molecular weight excluding hydrogens is 222 g/mol. The summed E-state index contributed by atoms with van der Waals surface area (Å²) < 4.78 is 5.17. The van der Waals surface area contributed by atoms with E-state index in [4.69, 9.17) is 4.74 Å². The molecule has 0 N–H and O–H groups in total. The first kappa shape index (κ1) is 12.4. The molecule has 0 aliphatic rings. The molecule has 2 heteroatoms. The molecule has 0 atom stereocenters. The van der Waals surface area contributed by atoms with Gasteiger partial charge in [0.15, 0.2) is 0 Å². The summed E-state index contributed by atoms with van der Waals surface area (Å²) in [5.74, 6) is 0.877. The van der Waals surface area contributed by atoms with Crippen molar-refractivity contribution >= 4 is 11.1 Å². The van der Waals surface area contributed by atoms with Crippen molar-refractivity contribution in [2.24, 2.45) is 0 Å². The summed E-state index contributed by atoms with van der Waals surface area (Å²) in [6.07, 6.45) is 1.82. The van der Waals surface area contributed by atoms with Crippen LogP contribution in [0.15, 0.2) is 48.7 Å². The molecular formula is C16H17NO. The van der Waals surface area contributed by atoms with Crippen molar-refractivity contribution < 1.29 is 4.74 Å². The molecule has 2 rings (SSSR count). The summed E-state index contributed by atoms with van der Waals surface area (Å²) in [5.41, 5.74) is 4.64. The van der Waals surface area contributed by atoms with Gasteiger partial charge < -0.3 is 4.74 Å². The Morgan fingerprint density at radius 1 is 0.944 bits per heavy atom. The summed E-state index contributed by atoms with van der Waals surface area (Å²) in [4.78, 5) is 4.38. The first-order valence-corrected chi connectivity index (χ1v) is 5.95. The van der Waals surface area contributed by atoms with Crippen LogP contribution in [-0.4, -0.2) is 12.1 Å². The molecule has 0 amide bonds. The van der Waals surface area contributed by atoms with E-state index < -0.39 is 0 Å². The lowest BCUT2D eigenvalue weighted by Gasteiger charge is -2.08. The summed E-state index contributed by atoms with van der Waals surface area (Å²) in [7, 11) is 1.68. The number of nitrogens with zero attached hydrogens (tertiary/aromatic N) is 1. The minimum Gasteiger partial charge on any atom is -0.497 e. The fourth-order valence-corrected chi connectivity index (χ4v) is 1.83. The predicted molar refractivity (Wildman–Crippen MR) is 75.4 cm³/mol. The van der Waals surface area contributed by atoms with Crippen molar-refractivity contribution in [3.05, 3.63) is 59.9 Å². The van der Waals surface area contributed by atoms with Gasteiger partial charge in [0.1, 0.15) is 5.75 Å². The number of benzene rings is 1. The number of aromatic nitrogens is 1. The Morgan fingerprint density at radius 3 is 2.22 bits per heavy atom. The molecule has 0 unspecified atom stereocenters. The zero-order chi connectivity index (χ0) is 13.0. The Bertz CT molecular complexity index is 541. The van der Waals surface area contributed by atoms with E-state index in [-0.39, 0.29) is 0 Å². The minimum absolute atomic E-state index is 0.877. The average molecular weight is 239 g/mol. The van der Waals surface area contributed by atoms with Crippen molar-refractivity contribution in [2.75, 3.05) is 7.11 Å². The van der Waals surface area contributed by atoms with E-state index in [0.29, 0.717) is 0 Å². The van der Waals surface area contributed by atoms with Gasteiger partial charge >= 0.3 is 0 Å². The van der Waals surface area contributed by atoms with Gasteiger partial charge in [0.05, 0.1) is 12.8 Å². The molecule has 0 aliphatic carbocycles. The summed E-state index contributed by atoms with van der Waals surface area (Å²) in [6, 6.07) is 14.1. The Labute approximate surface area is 108 Å². The Kier molecular flexibility index (Phi) is 3.78. The molecule has 0 spiro atoms. The molecule has 1 aromatic heterocycles. The second-order valence-corrected chi connectivity index (χ2v) is 4.19. The van der Waals surface area contributed by atoms with Gasteiger partial charge in [-0.25, -0.2) is 0 Å². The highest BCUT2D eigenvalue weighted by atomic mass is 16.5. The highest BCUT2D eigenvalue weighted by Gasteiger charge is 2.04. The van der Waals surface area contributed by atoms with Gasteiger partial charge in [-0.15, -0.1) is 0 Å². The molecule has 2 nitrogen and oxygen atoms in total. The van der Waals surface area contributed by atoms with Crippen LogP contribution in [0.2, 0.25) is 0 Å². The number of ether oxygens (including phenoxy) is 1. The molecule has 1 heterocycles. The van der Waals surface area contributed by atoms with Gasteiger partial charge in [0.2, 0.25) is 0 Å². The quantitative estimate of drug-likeness (QED) is 0.806. The zero-order valence-electron chi connectivity index (χ0n) is 11.0. The van der Waals surface area contributed by atoms with E-state index in [2.05, 4.69) is 31.0 Å². The molecule has 18 heavy (non-hydrogen) atoms. The number of allylic oxidation sites excluding steroid dienone is 2. The molecule has 0 saturated heterocycles.